The molecule has 0 aliphatic carbocycles. The van der Waals surface area contributed by atoms with Crippen LogP contribution < -0.4 is 5.32 Å². The number of allylic oxidation sites excluding steroid dienone is 1. The van der Waals surface area contributed by atoms with Gasteiger partial charge in [-0.1, -0.05) is 54.7 Å². The van der Waals surface area contributed by atoms with E-state index in [0.717, 1.165) is 28.8 Å². The minimum Gasteiger partial charge on any atom is -0.507 e. The fourth-order valence-corrected chi connectivity index (χ4v) is 3.07. The summed E-state index contributed by atoms with van der Waals surface area (Å²) in [4.78, 5) is 35.9. The van der Waals surface area contributed by atoms with Gasteiger partial charge in [-0.25, -0.2) is 4.79 Å². The van der Waals surface area contributed by atoms with Crippen molar-refractivity contribution < 1.29 is 24.2 Å². The van der Waals surface area contributed by atoms with Crippen molar-refractivity contribution in [3.8, 4) is 5.75 Å². The Morgan fingerprint density at radius 3 is 1.97 bits per heavy atom. The number of hydrogen-bond donors (Lipinski definition) is 2. The molecule has 0 saturated heterocycles. The molecule has 0 saturated carbocycles. The summed E-state index contributed by atoms with van der Waals surface area (Å²) in [6.07, 6.45) is 2.03. The van der Waals surface area contributed by atoms with E-state index in [1.54, 1.807) is 0 Å². The Morgan fingerprint density at radius 2 is 1.55 bits per heavy atom. The predicted octanol–water partition coefficient (Wildman–Crippen LogP) is 4.09. The number of hydrogen-bond acceptors (Lipinski definition) is 5. The van der Waals surface area contributed by atoms with E-state index < -0.39 is 17.8 Å². The Hall–Kier alpha value is -2.89. The fourth-order valence-electron chi connectivity index (χ4n) is 3.07. The number of nitrogens with one attached hydrogen (secondary N) is 1. The van der Waals surface area contributed by atoms with E-state index >= 15 is 0 Å². The second-order valence-electron chi connectivity index (χ2n) is 9.66. The average Bonchev–Trinajstić information content (AvgIpc) is 2.67. The van der Waals surface area contributed by atoms with Gasteiger partial charge < -0.3 is 15.2 Å². The van der Waals surface area contributed by atoms with E-state index in [0.29, 0.717) is 0 Å². The number of ketones is 1. The number of esters is 1. The lowest BCUT2D eigenvalue weighted by Gasteiger charge is -2.28. The van der Waals surface area contributed by atoms with Crippen molar-refractivity contribution in [1.29, 1.82) is 0 Å². The summed E-state index contributed by atoms with van der Waals surface area (Å²) in [5, 5.41) is 13.7. The number of amides is 1. The summed E-state index contributed by atoms with van der Waals surface area (Å²) in [5.74, 6) is -1.96. The number of benzene rings is 1. The highest BCUT2D eigenvalue weighted by molar-refractivity contribution is 5.93. The minimum absolute atomic E-state index is 0.115. The lowest BCUT2D eigenvalue weighted by atomic mass is 9.78. The van der Waals surface area contributed by atoms with Gasteiger partial charge in [0.05, 0.1) is 5.92 Å². The second-order valence-corrected chi connectivity index (χ2v) is 9.66. The monoisotopic (exact) mass is 429 g/mol. The molecule has 0 spiro atoms. The molecule has 0 fully saturated rings. The van der Waals surface area contributed by atoms with Gasteiger partial charge >= 0.3 is 5.97 Å². The summed E-state index contributed by atoms with van der Waals surface area (Å²) in [5.41, 5.74) is 1.84. The van der Waals surface area contributed by atoms with Crippen molar-refractivity contribution in [1.82, 2.24) is 5.32 Å². The first kappa shape index (κ1) is 26.1. The van der Waals surface area contributed by atoms with Gasteiger partial charge in [0, 0.05) is 19.0 Å². The summed E-state index contributed by atoms with van der Waals surface area (Å²) in [6, 6.07) is 3.76. The smallest absolute Gasteiger partial charge is 0.330 e. The highest BCUT2D eigenvalue weighted by Crippen LogP contribution is 2.39. The van der Waals surface area contributed by atoms with Crippen LogP contribution in [0.3, 0.4) is 0 Å². The van der Waals surface area contributed by atoms with Gasteiger partial charge in [-0.05, 0) is 45.7 Å². The summed E-state index contributed by atoms with van der Waals surface area (Å²) >= 11 is 0. The van der Waals surface area contributed by atoms with Crippen molar-refractivity contribution in [2.24, 2.45) is 5.92 Å². The number of carbonyl (C=O) groups excluding carboxylic acids is 3. The van der Waals surface area contributed by atoms with Crippen LogP contribution in [0.25, 0.3) is 0 Å². The number of phenolic OH excluding ortho intramolecular Hbond substituents is 1. The van der Waals surface area contributed by atoms with Crippen molar-refractivity contribution >= 4 is 17.7 Å². The molecule has 0 aliphatic heterocycles. The van der Waals surface area contributed by atoms with Crippen LogP contribution in [0.2, 0.25) is 0 Å². The van der Waals surface area contributed by atoms with Crippen LogP contribution >= 0.6 is 0 Å². The lowest BCUT2D eigenvalue weighted by molar-refractivity contribution is -0.142. The molecule has 0 radical (unpaired) electrons. The molecule has 1 unspecified atom stereocenters. The fraction of sp³-hybridized carbons (Fsp3) is 0.480. The van der Waals surface area contributed by atoms with Gasteiger partial charge in [-0.3, -0.25) is 9.59 Å². The number of ether oxygens (including phenoxy) is 1. The molecule has 2 N–H and O–H groups in total. The van der Waals surface area contributed by atoms with Crippen LogP contribution in [0.15, 0.2) is 37.4 Å². The van der Waals surface area contributed by atoms with Gasteiger partial charge in [0.2, 0.25) is 5.91 Å². The minimum atomic E-state index is -0.837. The third kappa shape index (κ3) is 7.70. The van der Waals surface area contributed by atoms with Crippen molar-refractivity contribution in [3.05, 3.63) is 54.1 Å². The maximum atomic E-state index is 12.7. The largest absolute Gasteiger partial charge is 0.507 e. The molecule has 1 atom stereocenters. The maximum absolute atomic E-state index is 12.7. The van der Waals surface area contributed by atoms with E-state index in [1.165, 1.54) is 0 Å². The predicted molar refractivity (Wildman–Crippen MR) is 122 cm³/mol. The van der Waals surface area contributed by atoms with Gasteiger partial charge in [-0.15, -0.1) is 0 Å². The topological polar surface area (TPSA) is 92.7 Å². The molecule has 170 valence electrons. The van der Waals surface area contributed by atoms with Crippen LogP contribution in [0.5, 0.6) is 5.75 Å². The maximum Gasteiger partial charge on any atom is 0.330 e. The number of phenols is 1. The SMILES string of the molecule is C=CC(=O)CC(COC(=O)C=C)C(=O)NCc1cc(C(C)(C)C)c(O)c(C(C)(C)C)c1. The Labute approximate surface area is 185 Å². The molecule has 0 aromatic heterocycles. The van der Waals surface area contributed by atoms with Crippen LogP contribution in [0.1, 0.15) is 64.7 Å². The molecule has 1 aromatic carbocycles. The zero-order chi connectivity index (χ0) is 24.0. The summed E-state index contributed by atoms with van der Waals surface area (Å²) < 4.78 is 4.98. The van der Waals surface area contributed by atoms with Crippen LogP contribution in [0.4, 0.5) is 0 Å². The third-order valence-electron chi connectivity index (χ3n) is 4.89. The first-order chi connectivity index (χ1) is 14.2. The van der Waals surface area contributed by atoms with Crippen LogP contribution in [-0.2, 0) is 36.5 Å². The van der Waals surface area contributed by atoms with Gasteiger partial charge in [0.15, 0.2) is 5.78 Å². The summed E-state index contributed by atoms with van der Waals surface area (Å²) in [7, 11) is 0. The van der Waals surface area contributed by atoms with E-state index in [-0.39, 0.29) is 41.9 Å². The standard InChI is InChI=1S/C25H35NO5/c1-9-18(27)13-17(15-31-21(28)10-2)23(30)26-14-16-11-19(24(3,4)5)22(29)20(12-16)25(6,7)8/h9-12,17,29H,1-2,13-15H2,3-8H3,(H,26,30). The molecule has 0 heterocycles. The number of rotatable bonds is 9. The Kier molecular flexibility index (Phi) is 8.79. The van der Waals surface area contributed by atoms with Gasteiger partial charge in [0.1, 0.15) is 12.4 Å². The zero-order valence-corrected chi connectivity index (χ0v) is 19.5. The lowest BCUT2D eigenvalue weighted by Crippen LogP contribution is -2.35. The van der Waals surface area contributed by atoms with Crippen molar-refractivity contribution in [2.45, 2.75) is 65.3 Å². The molecule has 1 aromatic rings. The van der Waals surface area contributed by atoms with Crippen molar-refractivity contribution in [2.75, 3.05) is 6.61 Å². The molecular weight excluding hydrogens is 394 g/mol. The zero-order valence-electron chi connectivity index (χ0n) is 19.5. The average molecular weight is 430 g/mol. The first-order valence-corrected chi connectivity index (χ1v) is 10.3. The highest BCUT2D eigenvalue weighted by Gasteiger charge is 2.27. The molecule has 31 heavy (non-hydrogen) atoms. The molecule has 1 rings (SSSR count). The van der Waals surface area contributed by atoms with Gasteiger partial charge in [0.25, 0.3) is 0 Å². The Morgan fingerprint density at radius 1 is 1.03 bits per heavy atom. The summed E-state index contributed by atoms with van der Waals surface area (Å²) in [6.45, 7) is 18.8. The van der Waals surface area contributed by atoms with E-state index in [4.69, 9.17) is 4.74 Å². The quantitative estimate of drug-likeness (QED) is 0.455. The van der Waals surface area contributed by atoms with Crippen molar-refractivity contribution in [3.63, 3.8) is 0 Å². The normalized spacial score (nSPS) is 12.6. The third-order valence-corrected chi connectivity index (χ3v) is 4.89. The Bertz CT molecular complexity index is 821. The van der Waals surface area contributed by atoms with Crippen LogP contribution in [0, 0.1) is 5.92 Å². The first-order valence-electron chi connectivity index (χ1n) is 10.3. The highest BCUT2D eigenvalue weighted by atomic mass is 16.5. The van der Waals surface area contributed by atoms with E-state index in [1.807, 2.05) is 53.7 Å². The number of aromatic hydroxyl groups is 1. The molecule has 0 aliphatic rings. The number of carbonyl (C=O) groups is 3. The molecular formula is C25H35NO5. The second kappa shape index (κ2) is 10.4. The molecule has 0 bridgehead atoms. The molecule has 6 heteroatoms. The van der Waals surface area contributed by atoms with Crippen LogP contribution in [-0.4, -0.2) is 29.4 Å². The van der Waals surface area contributed by atoms with Gasteiger partial charge in [-0.2, -0.15) is 0 Å². The van der Waals surface area contributed by atoms with E-state index in [9.17, 15) is 19.5 Å². The Balaban J connectivity index is 3.13. The van der Waals surface area contributed by atoms with E-state index in [2.05, 4.69) is 18.5 Å². The molecule has 1 amide bonds. The molecule has 6 nitrogen and oxygen atoms in total.